The van der Waals surface area contributed by atoms with Crippen molar-refractivity contribution in [1.29, 1.82) is 0 Å². The standard InChI is InChI=1S/C12H11BrN2O2S2/c13-8-1-2-18-11(8)9-6-19-12(14-9)15-4-7(5-16)3-10(15)17/h1-2,6-7,16H,3-5H2. The van der Waals surface area contributed by atoms with Crippen molar-refractivity contribution in [2.75, 3.05) is 18.1 Å². The van der Waals surface area contributed by atoms with Crippen LogP contribution in [-0.4, -0.2) is 29.1 Å². The minimum absolute atomic E-state index is 0.0355. The van der Waals surface area contributed by atoms with E-state index in [4.69, 9.17) is 5.11 Å². The third-order valence-electron chi connectivity index (χ3n) is 3.04. The van der Waals surface area contributed by atoms with Crippen LogP contribution in [0, 0.1) is 5.92 Å². The summed E-state index contributed by atoms with van der Waals surface area (Å²) in [4.78, 5) is 19.2. The van der Waals surface area contributed by atoms with Crippen LogP contribution < -0.4 is 4.90 Å². The topological polar surface area (TPSA) is 53.4 Å². The van der Waals surface area contributed by atoms with E-state index >= 15 is 0 Å². The molecule has 0 saturated carbocycles. The summed E-state index contributed by atoms with van der Waals surface area (Å²) in [5.41, 5.74) is 0.891. The first-order chi connectivity index (χ1) is 9.19. The van der Waals surface area contributed by atoms with Gasteiger partial charge in [0.15, 0.2) is 5.13 Å². The second-order valence-corrected chi connectivity index (χ2v) is 6.98. The molecule has 0 aliphatic carbocycles. The third-order valence-corrected chi connectivity index (χ3v) is 5.76. The van der Waals surface area contributed by atoms with E-state index in [1.165, 1.54) is 11.3 Å². The predicted molar refractivity (Wildman–Crippen MR) is 80.7 cm³/mol. The van der Waals surface area contributed by atoms with Gasteiger partial charge in [-0.3, -0.25) is 9.69 Å². The molecular formula is C12H11BrN2O2S2. The lowest BCUT2D eigenvalue weighted by Crippen LogP contribution is -2.24. The Hall–Kier alpha value is -0.760. The molecule has 1 atom stereocenters. The number of thiophene rings is 1. The first kappa shape index (κ1) is 13.2. The molecule has 4 nitrogen and oxygen atoms in total. The second kappa shape index (κ2) is 5.32. The molecule has 1 unspecified atom stereocenters. The molecule has 100 valence electrons. The van der Waals surface area contributed by atoms with E-state index in [-0.39, 0.29) is 18.4 Å². The first-order valence-corrected chi connectivity index (χ1v) is 8.34. The van der Waals surface area contributed by atoms with Gasteiger partial charge in [0.1, 0.15) is 0 Å². The number of hydrogen-bond donors (Lipinski definition) is 1. The van der Waals surface area contributed by atoms with Crippen molar-refractivity contribution < 1.29 is 9.90 Å². The van der Waals surface area contributed by atoms with Gasteiger partial charge in [-0.15, -0.1) is 22.7 Å². The lowest BCUT2D eigenvalue weighted by molar-refractivity contribution is -0.117. The van der Waals surface area contributed by atoms with Gasteiger partial charge in [-0.1, -0.05) is 0 Å². The van der Waals surface area contributed by atoms with Crippen molar-refractivity contribution in [3.05, 3.63) is 21.3 Å². The highest BCUT2D eigenvalue weighted by Gasteiger charge is 2.31. The smallest absolute Gasteiger partial charge is 0.229 e. The summed E-state index contributed by atoms with van der Waals surface area (Å²) in [6, 6.07) is 1.99. The Bertz CT molecular complexity index is 610. The Balaban J connectivity index is 1.86. The number of aromatic nitrogens is 1. The number of hydrogen-bond acceptors (Lipinski definition) is 5. The van der Waals surface area contributed by atoms with Crippen molar-refractivity contribution in [3.63, 3.8) is 0 Å². The molecule has 1 saturated heterocycles. The van der Waals surface area contributed by atoms with Crippen molar-refractivity contribution in [2.45, 2.75) is 6.42 Å². The van der Waals surface area contributed by atoms with Crippen LogP contribution in [-0.2, 0) is 4.79 Å². The summed E-state index contributed by atoms with van der Waals surface area (Å²) in [6.45, 7) is 0.616. The average Bonchev–Trinajstić information content (AvgIpc) is 3.07. The maximum atomic E-state index is 11.9. The molecule has 0 radical (unpaired) electrons. The Morgan fingerprint density at radius 3 is 3.00 bits per heavy atom. The zero-order valence-electron chi connectivity index (χ0n) is 9.88. The van der Waals surface area contributed by atoms with Crippen LogP contribution >= 0.6 is 38.6 Å². The molecule has 7 heteroatoms. The van der Waals surface area contributed by atoms with Gasteiger partial charge in [0.05, 0.1) is 10.6 Å². The largest absolute Gasteiger partial charge is 0.396 e. The fourth-order valence-electron chi connectivity index (χ4n) is 2.06. The predicted octanol–water partition coefficient (Wildman–Crippen LogP) is 2.98. The molecule has 3 heterocycles. The van der Waals surface area contributed by atoms with Crippen LogP contribution in [0.3, 0.4) is 0 Å². The van der Waals surface area contributed by atoms with E-state index < -0.39 is 0 Å². The Kier molecular flexibility index (Phi) is 3.70. The summed E-state index contributed by atoms with van der Waals surface area (Å²) in [5, 5.41) is 13.8. The summed E-state index contributed by atoms with van der Waals surface area (Å²) < 4.78 is 1.02. The Morgan fingerprint density at radius 1 is 1.53 bits per heavy atom. The quantitative estimate of drug-likeness (QED) is 0.917. The fourth-order valence-corrected chi connectivity index (χ4v) is 4.51. The van der Waals surface area contributed by atoms with E-state index in [0.717, 1.165) is 20.2 Å². The number of aliphatic hydroxyl groups excluding tert-OH is 1. The number of thiazole rings is 1. The molecule has 2 aromatic heterocycles. The van der Waals surface area contributed by atoms with E-state index in [0.29, 0.717) is 13.0 Å². The maximum Gasteiger partial charge on any atom is 0.229 e. The Morgan fingerprint density at radius 2 is 2.37 bits per heavy atom. The number of anilines is 1. The van der Waals surface area contributed by atoms with Crippen LogP contribution in [0.5, 0.6) is 0 Å². The van der Waals surface area contributed by atoms with Gasteiger partial charge in [0.2, 0.25) is 5.91 Å². The SMILES string of the molecule is O=C1CC(CO)CN1c1nc(-c2sccc2Br)cs1. The summed E-state index contributed by atoms with van der Waals surface area (Å²) >= 11 is 6.58. The molecular weight excluding hydrogens is 348 g/mol. The molecule has 1 aliphatic heterocycles. The number of rotatable bonds is 3. The van der Waals surface area contributed by atoms with Crippen molar-refractivity contribution in [3.8, 4) is 10.6 Å². The lowest BCUT2D eigenvalue weighted by atomic mass is 10.1. The molecule has 1 aliphatic rings. The fraction of sp³-hybridized carbons (Fsp3) is 0.333. The molecule has 0 bridgehead atoms. The van der Waals surface area contributed by atoms with Crippen LogP contribution in [0.15, 0.2) is 21.3 Å². The highest BCUT2D eigenvalue weighted by atomic mass is 79.9. The minimum Gasteiger partial charge on any atom is -0.396 e. The zero-order chi connectivity index (χ0) is 13.4. The first-order valence-electron chi connectivity index (χ1n) is 5.79. The number of carbonyl (C=O) groups is 1. The van der Waals surface area contributed by atoms with E-state index in [9.17, 15) is 4.79 Å². The molecule has 1 fully saturated rings. The van der Waals surface area contributed by atoms with Gasteiger partial charge < -0.3 is 5.11 Å². The van der Waals surface area contributed by atoms with E-state index in [1.54, 1.807) is 16.2 Å². The normalized spacial score (nSPS) is 19.4. The van der Waals surface area contributed by atoms with Crippen LogP contribution in [0.2, 0.25) is 0 Å². The lowest BCUT2D eigenvalue weighted by Gasteiger charge is -2.11. The van der Waals surface area contributed by atoms with Gasteiger partial charge in [0.25, 0.3) is 0 Å². The average molecular weight is 359 g/mol. The summed E-state index contributed by atoms with van der Waals surface area (Å²) in [5.74, 6) is 0.0820. The van der Waals surface area contributed by atoms with Crippen molar-refractivity contribution in [2.24, 2.45) is 5.92 Å². The van der Waals surface area contributed by atoms with Gasteiger partial charge in [-0.25, -0.2) is 4.98 Å². The monoisotopic (exact) mass is 358 g/mol. The molecule has 1 N–H and O–H groups in total. The number of aliphatic hydroxyl groups is 1. The van der Waals surface area contributed by atoms with Gasteiger partial charge in [0, 0.05) is 35.3 Å². The van der Waals surface area contributed by atoms with Gasteiger partial charge in [-0.05, 0) is 27.4 Å². The van der Waals surface area contributed by atoms with Crippen LogP contribution in [0.25, 0.3) is 10.6 Å². The number of amides is 1. The number of nitrogens with zero attached hydrogens (tertiary/aromatic N) is 2. The zero-order valence-corrected chi connectivity index (χ0v) is 13.1. The van der Waals surface area contributed by atoms with Gasteiger partial charge in [-0.2, -0.15) is 0 Å². The molecule has 2 aromatic rings. The highest BCUT2D eigenvalue weighted by Crippen LogP contribution is 2.37. The minimum atomic E-state index is 0.0355. The highest BCUT2D eigenvalue weighted by molar-refractivity contribution is 9.10. The molecule has 3 rings (SSSR count). The second-order valence-electron chi connectivity index (χ2n) is 4.37. The molecule has 19 heavy (non-hydrogen) atoms. The molecule has 0 spiro atoms. The van der Waals surface area contributed by atoms with Crippen LogP contribution in [0.1, 0.15) is 6.42 Å². The van der Waals surface area contributed by atoms with Crippen molar-refractivity contribution in [1.82, 2.24) is 4.98 Å². The van der Waals surface area contributed by atoms with Crippen LogP contribution in [0.4, 0.5) is 5.13 Å². The molecule has 1 amide bonds. The van der Waals surface area contributed by atoms with E-state index in [2.05, 4.69) is 20.9 Å². The molecule has 0 aromatic carbocycles. The number of halogens is 1. The summed E-state index contributed by atoms with van der Waals surface area (Å²) in [6.07, 6.45) is 0.411. The maximum absolute atomic E-state index is 11.9. The summed E-state index contributed by atoms with van der Waals surface area (Å²) in [7, 11) is 0. The number of carbonyl (C=O) groups excluding carboxylic acids is 1. The van der Waals surface area contributed by atoms with Crippen molar-refractivity contribution >= 4 is 49.6 Å². The van der Waals surface area contributed by atoms with E-state index in [1.807, 2.05) is 16.8 Å². The van der Waals surface area contributed by atoms with Gasteiger partial charge >= 0.3 is 0 Å². The Labute approximate surface area is 126 Å². The third kappa shape index (κ3) is 2.47.